The Labute approximate surface area is 140 Å². The van der Waals surface area contributed by atoms with Gasteiger partial charge in [0.15, 0.2) is 5.84 Å². The Balaban J connectivity index is 1.54. The van der Waals surface area contributed by atoms with Gasteiger partial charge in [0.05, 0.1) is 11.4 Å². The van der Waals surface area contributed by atoms with Crippen LogP contribution in [0.15, 0.2) is 35.5 Å². The first-order valence-electron chi connectivity index (χ1n) is 8.55. The van der Waals surface area contributed by atoms with Gasteiger partial charge in [0, 0.05) is 17.2 Å². The molecule has 1 aromatic heterocycles. The highest BCUT2D eigenvalue weighted by Crippen LogP contribution is 2.45. The SMILES string of the molecule is CCN1C(c2cc3ccccc3s2)=NO[C@@]12CN1CCC2CC1. The van der Waals surface area contributed by atoms with Gasteiger partial charge in [0.25, 0.3) is 0 Å². The maximum atomic E-state index is 6.16. The summed E-state index contributed by atoms with van der Waals surface area (Å²) < 4.78 is 1.32. The molecule has 0 aliphatic carbocycles. The zero-order valence-corrected chi connectivity index (χ0v) is 14.2. The predicted molar refractivity (Wildman–Crippen MR) is 93.7 cm³/mol. The number of fused-ring (bicyclic) bond motifs is 3. The summed E-state index contributed by atoms with van der Waals surface area (Å²) in [6, 6.07) is 10.8. The van der Waals surface area contributed by atoms with Gasteiger partial charge in [-0.3, -0.25) is 4.90 Å². The largest absolute Gasteiger partial charge is 0.363 e. The lowest BCUT2D eigenvalue weighted by atomic mass is 9.79. The van der Waals surface area contributed by atoms with Crippen LogP contribution >= 0.6 is 11.3 Å². The van der Waals surface area contributed by atoms with E-state index in [2.05, 4.69) is 52.2 Å². The summed E-state index contributed by atoms with van der Waals surface area (Å²) in [4.78, 5) is 12.3. The number of likely N-dealkylation sites (N-methyl/N-ethyl adjacent to an activating group) is 1. The molecule has 2 aromatic rings. The van der Waals surface area contributed by atoms with Crippen molar-refractivity contribution in [3.05, 3.63) is 35.2 Å². The normalized spacial score (nSPS) is 32.6. The maximum Gasteiger partial charge on any atom is 0.227 e. The summed E-state index contributed by atoms with van der Waals surface area (Å²) >= 11 is 1.81. The third-order valence-electron chi connectivity index (χ3n) is 5.64. The van der Waals surface area contributed by atoms with Crippen LogP contribution in [-0.2, 0) is 4.84 Å². The monoisotopic (exact) mass is 327 g/mol. The molecule has 0 N–H and O–H groups in total. The number of rotatable bonds is 2. The van der Waals surface area contributed by atoms with Crippen LogP contribution < -0.4 is 0 Å². The molecule has 5 heterocycles. The molecule has 4 aliphatic heterocycles. The zero-order chi connectivity index (χ0) is 15.4. The number of nitrogens with zero attached hydrogens (tertiary/aromatic N) is 3. The summed E-state index contributed by atoms with van der Waals surface area (Å²) in [6.45, 7) is 6.58. The molecule has 0 saturated carbocycles. The third kappa shape index (κ3) is 1.90. The van der Waals surface area contributed by atoms with E-state index in [0.717, 1.165) is 18.9 Å². The van der Waals surface area contributed by atoms with E-state index in [9.17, 15) is 0 Å². The van der Waals surface area contributed by atoms with E-state index in [4.69, 9.17) is 4.84 Å². The standard InChI is InChI=1S/C18H21N3OS/c1-2-21-17(16-11-13-5-3-4-6-15(13)23-16)19-22-18(21)12-20-9-7-14(18)8-10-20/h3-6,11,14H,2,7-10,12H2,1H3/t18-/m1/s1. The lowest BCUT2D eigenvalue weighted by Gasteiger charge is -2.52. The van der Waals surface area contributed by atoms with Gasteiger partial charge >= 0.3 is 0 Å². The van der Waals surface area contributed by atoms with Gasteiger partial charge < -0.3 is 9.74 Å². The number of oxime groups is 1. The number of benzene rings is 1. The van der Waals surface area contributed by atoms with Crippen molar-refractivity contribution in [2.75, 3.05) is 26.2 Å². The van der Waals surface area contributed by atoms with Crippen molar-refractivity contribution < 1.29 is 4.84 Å². The lowest BCUT2D eigenvalue weighted by molar-refractivity contribution is -0.195. The van der Waals surface area contributed by atoms with Crippen LogP contribution in [0, 0.1) is 5.92 Å². The molecule has 0 radical (unpaired) electrons. The van der Waals surface area contributed by atoms with Crippen molar-refractivity contribution in [1.29, 1.82) is 0 Å². The van der Waals surface area contributed by atoms with Gasteiger partial charge in [0.1, 0.15) is 0 Å². The molecule has 2 bridgehead atoms. The molecule has 3 fully saturated rings. The van der Waals surface area contributed by atoms with Crippen LogP contribution in [0.1, 0.15) is 24.6 Å². The molecule has 1 aromatic carbocycles. The quantitative estimate of drug-likeness (QED) is 0.847. The van der Waals surface area contributed by atoms with E-state index in [-0.39, 0.29) is 5.72 Å². The third-order valence-corrected chi connectivity index (χ3v) is 6.75. The Kier molecular flexibility index (Phi) is 2.97. The molecule has 5 heteroatoms. The molecule has 4 nitrogen and oxygen atoms in total. The second kappa shape index (κ2) is 4.95. The molecule has 1 atom stereocenters. The van der Waals surface area contributed by atoms with Gasteiger partial charge in [-0.15, -0.1) is 11.3 Å². The number of thiophene rings is 1. The second-order valence-corrected chi connectivity index (χ2v) is 7.88. The number of amidine groups is 1. The topological polar surface area (TPSA) is 28.1 Å². The minimum atomic E-state index is -0.225. The lowest BCUT2D eigenvalue weighted by Crippen LogP contribution is -2.66. The van der Waals surface area contributed by atoms with E-state index in [0.29, 0.717) is 5.92 Å². The van der Waals surface area contributed by atoms with Gasteiger partial charge in [0.2, 0.25) is 5.72 Å². The summed E-state index contributed by atoms with van der Waals surface area (Å²) in [5.41, 5.74) is -0.225. The predicted octanol–water partition coefficient (Wildman–Crippen LogP) is 3.34. The van der Waals surface area contributed by atoms with Crippen molar-refractivity contribution in [1.82, 2.24) is 9.80 Å². The van der Waals surface area contributed by atoms with Crippen molar-refractivity contribution in [2.45, 2.75) is 25.5 Å². The summed E-state index contributed by atoms with van der Waals surface area (Å²) in [5, 5.41) is 5.87. The minimum absolute atomic E-state index is 0.225. The zero-order valence-electron chi connectivity index (χ0n) is 13.4. The Bertz CT molecular complexity index is 744. The van der Waals surface area contributed by atoms with Gasteiger partial charge in [-0.1, -0.05) is 23.4 Å². The average molecular weight is 327 g/mol. The fraction of sp³-hybridized carbons (Fsp3) is 0.500. The Morgan fingerprint density at radius 3 is 2.83 bits per heavy atom. The molecule has 120 valence electrons. The molecule has 4 aliphatic rings. The van der Waals surface area contributed by atoms with Crippen LogP contribution in [0.4, 0.5) is 0 Å². The molecule has 0 amide bonds. The van der Waals surface area contributed by atoms with Gasteiger partial charge in [-0.25, -0.2) is 0 Å². The average Bonchev–Trinajstić information content (AvgIpc) is 3.17. The molecule has 6 rings (SSSR count). The van der Waals surface area contributed by atoms with Crippen molar-refractivity contribution >= 4 is 27.3 Å². The molecular weight excluding hydrogens is 306 g/mol. The van der Waals surface area contributed by atoms with Crippen LogP contribution in [0.5, 0.6) is 0 Å². The maximum absolute atomic E-state index is 6.16. The van der Waals surface area contributed by atoms with Crippen molar-refractivity contribution in [3.63, 3.8) is 0 Å². The summed E-state index contributed by atoms with van der Waals surface area (Å²) in [7, 11) is 0. The number of hydrogen-bond donors (Lipinski definition) is 0. The van der Waals surface area contributed by atoms with E-state index >= 15 is 0 Å². The van der Waals surface area contributed by atoms with E-state index in [1.54, 1.807) is 0 Å². The molecule has 1 spiro atoms. The van der Waals surface area contributed by atoms with Crippen molar-refractivity contribution in [2.24, 2.45) is 11.1 Å². The molecular formula is C18H21N3OS. The Morgan fingerprint density at radius 1 is 1.30 bits per heavy atom. The summed E-state index contributed by atoms with van der Waals surface area (Å²) in [5.74, 6) is 1.63. The minimum Gasteiger partial charge on any atom is -0.363 e. The fourth-order valence-corrected chi connectivity index (χ4v) is 5.54. The highest BCUT2D eigenvalue weighted by molar-refractivity contribution is 7.20. The highest BCUT2D eigenvalue weighted by atomic mass is 32.1. The van der Waals surface area contributed by atoms with Crippen LogP contribution in [0.2, 0.25) is 0 Å². The van der Waals surface area contributed by atoms with Crippen LogP contribution in [0.25, 0.3) is 10.1 Å². The Morgan fingerprint density at radius 2 is 2.13 bits per heavy atom. The van der Waals surface area contributed by atoms with Crippen molar-refractivity contribution in [3.8, 4) is 0 Å². The summed E-state index contributed by atoms with van der Waals surface area (Å²) in [6.07, 6.45) is 2.46. The van der Waals surface area contributed by atoms with E-state index in [1.807, 2.05) is 11.3 Å². The second-order valence-electron chi connectivity index (χ2n) is 6.79. The number of hydrogen-bond acceptors (Lipinski definition) is 5. The van der Waals surface area contributed by atoms with Crippen LogP contribution in [0.3, 0.4) is 0 Å². The fourth-order valence-electron chi connectivity index (χ4n) is 4.49. The smallest absolute Gasteiger partial charge is 0.227 e. The van der Waals surface area contributed by atoms with Gasteiger partial charge in [-0.2, -0.15) is 0 Å². The molecule has 0 unspecified atom stereocenters. The van der Waals surface area contributed by atoms with Crippen LogP contribution in [-0.4, -0.2) is 47.5 Å². The molecule has 23 heavy (non-hydrogen) atoms. The first kappa shape index (κ1) is 13.8. The Hall–Kier alpha value is -1.59. The first-order valence-corrected chi connectivity index (χ1v) is 9.37. The molecule has 3 saturated heterocycles. The van der Waals surface area contributed by atoms with Gasteiger partial charge in [-0.05, 0) is 50.4 Å². The highest BCUT2D eigenvalue weighted by Gasteiger charge is 2.56. The van der Waals surface area contributed by atoms with E-state index < -0.39 is 0 Å². The first-order chi connectivity index (χ1) is 11.3. The van der Waals surface area contributed by atoms with E-state index in [1.165, 1.54) is 40.9 Å². The number of piperidine rings is 3.